The molecule has 0 amide bonds. The predicted molar refractivity (Wildman–Crippen MR) is 157 cm³/mol. The number of hydrogen-bond donors (Lipinski definition) is 0. The topological polar surface area (TPSA) is 56.9 Å². The molecule has 8 heteroatoms. The molecule has 0 saturated heterocycles. The number of thiophene rings is 1. The van der Waals surface area contributed by atoms with Gasteiger partial charge in [-0.2, -0.15) is 0 Å². The third-order valence-corrected chi connectivity index (χ3v) is 9.56. The molecule has 0 aliphatic heterocycles. The lowest BCUT2D eigenvalue weighted by molar-refractivity contribution is 0.102. The number of carbonyl (C=O) groups excluding carboxylic acids is 1. The summed E-state index contributed by atoms with van der Waals surface area (Å²) in [6, 6.07) is 17.8. The minimum Gasteiger partial charge on any atom is -0.315 e. The van der Waals surface area contributed by atoms with Gasteiger partial charge in [-0.25, -0.2) is 9.37 Å². The molecule has 0 bridgehead atoms. The molecule has 1 aliphatic rings. The molecule has 5 aromatic rings. The zero-order chi connectivity index (χ0) is 27.3. The van der Waals surface area contributed by atoms with Gasteiger partial charge in [-0.05, 0) is 74.9 Å². The fraction of sp³-hybridized carbons (Fsp3) is 0.258. The van der Waals surface area contributed by atoms with Gasteiger partial charge in [-0.3, -0.25) is 14.2 Å². The van der Waals surface area contributed by atoms with E-state index in [9.17, 15) is 14.0 Å². The van der Waals surface area contributed by atoms with Crippen LogP contribution in [0, 0.1) is 25.6 Å². The van der Waals surface area contributed by atoms with Crippen LogP contribution in [0.5, 0.6) is 0 Å². The summed E-state index contributed by atoms with van der Waals surface area (Å²) in [7, 11) is 0. The van der Waals surface area contributed by atoms with Crippen LogP contribution in [-0.2, 0) is 12.8 Å². The molecular weight excluding hydrogens is 529 g/mol. The highest BCUT2D eigenvalue weighted by molar-refractivity contribution is 7.99. The van der Waals surface area contributed by atoms with Gasteiger partial charge in [0.05, 0.1) is 22.5 Å². The van der Waals surface area contributed by atoms with Crippen molar-refractivity contribution in [2.24, 2.45) is 5.92 Å². The van der Waals surface area contributed by atoms with E-state index in [1.807, 2.05) is 44.2 Å². The predicted octanol–water partition coefficient (Wildman–Crippen LogP) is 7.09. The van der Waals surface area contributed by atoms with Crippen LogP contribution in [0.4, 0.5) is 4.39 Å². The molecule has 0 unspecified atom stereocenters. The molecule has 5 nitrogen and oxygen atoms in total. The van der Waals surface area contributed by atoms with Crippen LogP contribution in [0.3, 0.4) is 0 Å². The van der Waals surface area contributed by atoms with Crippen molar-refractivity contribution in [2.75, 3.05) is 5.75 Å². The van der Waals surface area contributed by atoms with Gasteiger partial charge < -0.3 is 4.57 Å². The maximum atomic E-state index is 14.5. The van der Waals surface area contributed by atoms with E-state index in [1.165, 1.54) is 22.7 Å². The molecule has 3 heterocycles. The average molecular weight is 558 g/mol. The van der Waals surface area contributed by atoms with Crippen molar-refractivity contribution in [2.45, 2.75) is 45.2 Å². The summed E-state index contributed by atoms with van der Waals surface area (Å²) in [5.74, 6) is 0.264. The number of thioether (sulfide) groups is 1. The molecule has 0 spiro atoms. The fourth-order valence-electron chi connectivity index (χ4n) is 5.53. The van der Waals surface area contributed by atoms with Crippen molar-refractivity contribution in [1.29, 1.82) is 0 Å². The first kappa shape index (κ1) is 25.8. The van der Waals surface area contributed by atoms with E-state index in [4.69, 9.17) is 4.98 Å². The fourth-order valence-corrected chi connectivity index (χ4v) is 7.85. The third-order valence-electron chi connectivity index (χ3n) is 7.47. The van der Waals surface area contributed by atoms with E-state index in [0.29, 0.717) is 28.0 Å². The molecule has 0 N–H and O–H groups in total. The lowest BCUT2D eigenvalue weighted by Gasteiger charge is -2.17. The van der Waals surface area contributed by atoms with Crippen molar-refractivity contribution in [3.63, 3.8) is 0 Å². The Hall–Kier alpha value is -3.49. The number of aromatic nitrogens is 3. The number of halogens is 1. The zero-order valence-corrected chi connectivity index (χ0v) is 23.7. The smallest absolute Gasteiger partial charge is 0.267 e. The number of fused-ring (bicyclic) bond motifs is 3. The minimum atomic E-state index is -0.343. The van der Waals surface area contributed by atoms with E-state index in [2.05, 4.69) is 6.92 Å². The molecule has 6 rings (SSSR count). The van der Waals surface area contributed by atoms with Gasteiger partial charge in [-0.15, -0.1) is 11.3 Å². The Morgan fingerprint density at radius 2 is 1.85 bits per heavy atom. The van der Waals surface area contributed by atoms with Crippen molar-refractivity contribution in [3.8, 4) is 11.4 Å². The summed E-state index contributed by atoms with van der Waals surface area (Å²) in [5, 5.41) is 1.22. The van der Waals surface area contributed by atoms with Crippen LogP contribution in [0.2, 0.25) is 0 Å². The second-order valence-electron chi connectivity index (χ2n) is 10.2. The van der Waals surface area contributed by atoms with Gasteiger partial charge in [0.2, 0.25) is 0 Å². The molecule has 0 radical (unpaired) electrons. The monoisotopic (exact) mass is 557 g/mol. The van der Waals surface area contributed by atoms with Gasteiger partial charge in [0.25, 0.3) is 5.56 Å². The molecular formula is C31H28FN3O2S2. The molecule has 2 aromatic carbocycles. The number of ketones is 1. The summed E-state index contributed by atoms with van der Waals surface area (Å²) in [4.78, 5) is 34.4. The quantitative estimate of drug-likeness (QED) is 0.127. The molecule has 3 aromatic heterocycles. The largest absolute Gasteiger partial charge is 0.315 e. The lowest BCUT2D eigenvalue weighted by Crippen LogP contribution is -2.23. The maximum absolute atomic E-state index is 14.5. The first-order valence-electron chi connectivity index (χ1n) is 13.1. The Morgan fingerprint density at radius 3 is 2.62 bits per heavy atom. The third kappa shape index (κ3) is 4.55. The Bertz CT molecular complexity index is 1790. The summed E-state index contributed by atoms with van der Waals surface area (Å²) in [6.45, 7) is 5.95. The number of para-hydroxylation sites is 2. The Labute approximate surface area is 234 Å². The number of Topliss-reactive ketones (excluding diaryl/α,β-unsaturated/α-hetero) is 1. The highest BCUT2D eigenvalue weighted by Gasteiger charge is 2.26. The maximum Gasteiger partial charge on any atom is 0.267 e. The van der Waals surface area contributed by atoms with Crippen LogP contribution in [-0.4, -0.2) is 25.7 Å². The first-order chi connectivity index (χ1) is 18.8. The highest BCUT2D eigenvalue weighted by Crippen LogP contribution is 2.37. The van der Waals surface area contributed by atoms with Crippen LogP contribution in [0.1, 0.15) is 45.5 Å². The van der Waals surface area contributed by atoms with E-state index in [-0.39, 0.29) is 22.9 Å². The van der Waals surface area contributed by atoms with Gasteiger partial charge >= 0.3 is 0 Å². The Kier molecular flexibility index (Phi) is 6.77. The average Bonchev–Trinajstić information content (AvgIpc) is 3.44. The molecule has 1 aliphatic carbocycles. The summed E-state index contributed by atoms with van der Waals surface area (Å²) >= 11 is 2.88. The molecule has 39 heavy (non-hydrogen) atoms. The molecule has 1 atom stereocenters. The van der Waals surface area contributed by atoms with Crippen LogP contribution >= 0.6 is 23.1 Å². The van der Waals surface area contributed by atoms with Crippen LogP contribution < -0.4 is 5.56 Å². The first-order valence-corrected chi connectivity index (χ1v) is 14.9. The van der Waals surface area contributed by atoms with Gasteiger partial charge in [0, 0.05) is 21.8 Å². The second-order valence-corrected chi connectivity index (χ2v) is 12.2. The highest BCUT2D eigenvalue weighted by atomic mass is 32.2. The second kappa shape index (κ2) is 10.2. The van der Waals surface area contributed by atoms with E-state index >= 15 is 0 Å². The van der Waals surface area contributed by atoms with Crippen LogP contribution in [0.15, 0.2) is 70.6 Å². The number of rotatable bonds is 6. The van der Waals surface area contributed by atoms with Crippen molar-refractivity contribution < 1.29 is 9.18 Å². The van der Waals surface area contributed by atoms with E-state index in [1.54, 1.807) is 44.7 Å². The molecule has 0 fully saturated rings. The van der Waals surface area contributed by atoms with Gasteiger partial charge in [-0.1, -0.05) is 49.0 Å². The van der Waals surface area contributed by atoms with Crippen molar-refractivity contribution in [1.82, 2.24) is 14.1 Å². The number of nitrogens with zero attached hydrogens (tertiary/aromatic N) is 3. The minimum absolute atomic E-state index is 0.0778. The van der Waals surface area contributed by atoms with E-state index in [0.717, 1.165) is 46.4 Å². The SMILES string of the molecule is Cc1cc(C(=O)CSc2nc3sc4c(c3c(=O)n2-c2ccccc2)CC[C@@H](C)C4)c(C)n1-c1ccccc1F. The Balaban J connectivity index is 1.38. The van der Waals surface area contributed by atoms with Gasteiger partial charge in [0.15, 0.2) is 10.9 Å². The summed E-state index contributed by atoms with van der Waals surface area (Å²) < 4.78 is 18.0. The van der Waals surface area contributed by atoms with Crippen molar-refractivity contribution in [3.05, 3.63) is 104 Å². The van der Waals surface area contributed by atoms with Gasteiger partial charge in [0.1, 0.15) is 10.6 Å². The normalized spacial score (nSPS) is 15.0. The Morgan fingerprint density at radius 1 is 1.10 bits per heavy atom. The number of carbonyl (C=O) groups is 1. The molecule has 0 saturated carbocycles. The molecule has 198 valence electrons. The number of aryl methyl sites for hydroxylation is 2. The number of benzene rings is 2. The van der Waals surface area contributed by atoms with E-state index < -0.39 is 0 Å². The summed E-state index contributed by atoms with van der Waals surface area (Å²) in [6.07, 6.45) is 2.93. The van der Waals surface area contributed by atoms with Crippen molar-refractivity contribution >= 4 is 39.1 Å². The lowest BCUT2D eigenvalue weighted by atomic mass is 9.89. The number of hydrogen-bond acceptors (Lipinski definition) is 5. The van der Waals surface area contributed by atoms with Crippen LogP contribution in [0.25, 0.3) is 21.6 Å². The standard InChI is InChI=1S/C31H28FN3O2S2/c1-18-13-14-22-27(15-18)39-29-28(22)30(37)35(21-9-5-4-6-10-21)31(33-29)38-17-26(36)23-16-19(2)34(20(23)3)25-12-8-7-11-24(25)32/h4-12,16,18H,13-15,17H2,1-3H3/t18-/m1/s1. The zero-order valence-electron chi connectivity index (χ0n) is 22.0. The summed E-state index contributed by atoms with van der Waals surface area (Å²) in [5.41, 5.74) is 4.22.